The van der Waals surface area contributed by atoms with Crippen molar-refractivity contribution in [1.82, 2.24) is 4.90 Å². The first kappa shape index (κ1) is 41.1. The van der Waals surface area contributed by atoms with Crippen molar-refractivity contribution in [1.29, 1.82) is 0 Å². The van der Waals surface area contributed by atoms with E-state index in [2.05, 4.69) is 26.0 Å². The van der Waals surface area contributed by atoms with E-state index in [1.165, 1.54) is 19.3 Å². The number of amides is 1. The third kappa shape index (κ3) is 16.5. The van der Waals surface area contributed by atoms with E-state index < -0.39 is 17.8 Å². The Bertz CT molecular complexity index is 1490. The summed E-state index contributed by atoms with van der Waals surface area (Å²) in [6, 6.07) is 35.2. The third-order valence-corrected chi connectivity index (χ3v) is 8.18. The summed E-state index contributed by atoms with van der Waals surface area (Å²) in [5, 5.41) is 20.8. The van der Waals surface area contributed by atoms with Crippen molar-refractivity contribution in [3.8, 4) is 11.5 Å². The van der Waals surface area contributed by atoms with Crippen LogP contribution in [0.5, 0.6) is 11.5 Å². The summed E-state index contributed by atoms with van der Waals surface area (Å²) in [6.45, 7) is 11.6. The molecule has 4 aromatic rings. The Morgan fingerprint density at radius 3 is 1.55 bits per heavy atom. The van der Waals surface area contributed by atoms with E-state index in [0.29, 0.717) is 19.8 Å². The molecule has 0 saturated carbocycles. The number of carbonyl (C=O) groups excluding carboxylic acids is 1. The first-order valence-electron chi connectivity index (χ1n) is 18.4. The van der Waals surface area contributed by atoms with Crippen LogP contribution in [-0.2, 0) is 18.0 Å². The van der Waals surface area contributed by atoms with Crippen molar-refractivity contribution in [3.05, 3.63) is 131 Å². The van der Waals surface area contributed by atoms with Gasteiger partial charge in [0.2, 0.25) is 0 Å². The fourth-order valence-corrected chi connectivity index (χ4v) is 5.23. The van der Waals surface area contributed by atoms with Crippen molar-refractivity contribution in [3.63, 3.8) is 0 Å². The van der Waals surface area contributed by atoms with Crippen LogP contribution in [-0.4, -0.2) is 39.9 Å². The Labute approximate surface area is 306 Å². The fourth-order valence-electron chi connectivity index (χ4n) is 5.23. The maximum absolute atomic E-state index is 12.5. The number of hydrogen-bond acceptors (Lipinski definition) is 6. The molecule has 0 saturated heterocycles. The van der Waals surface area contributed by atoms with E-state index in [1.807, 2.05) is 118 Å². The quantitative estimate of drug-likeness (QED) is 0.101. The van der Waals surface area contributed by atoms with E-state index in [4.69, 9.17) is 14.2 Å². The van der Waals surface area contributed by atoms with Gasteiger partial charge < -0.3 is 29.3 Å². The predicted molar refractivity (Wildman–Crippen MR) is 206 cm³/mol. The van der Waals surface area contributed by atoms with Gasteiger partial charge in [-0.25, -0.2) is 4.79 Å². The molecule has 0 bridgehead atoms. The zero-order valence-corrected chi connectivity index (χ0v) is 31.3. The molecule has 0 aliphatic heterocycles. The normalized spacial score (nSPS) is 12.2. The van der Waals surface area contributed by atoms with E-state index in [-0.39, 0.29) is 12.6 Å². The summed E-state index contributed by atoms with van der Waals surface area (Å²) in [5.41, 5.74) is 3.40. The van der Waals surface area contributed by atoms with Crippen molar-refractivity contribution in [2.24, 2.45) is 0 Å². The average Bonchev–Trinajstić information content (AvgIpc) is 3.14. The molecule has 1 amide bonds. The highest BCUT2D eigenvalue weighted by Gasteiger charge is 2.24. The number of nitrogens with zero attached hydrogens (tertiary/aromatic N) is 1. The minimum atomic E-state index is -0.789. The molecule has 276 valence electrons. The van der Waals surface area contributed by atoms with Gasteiger partial charge in [-0.1, -0.05) is 131 Å². The van der Waals surface area contributed by atoms with Crippen LogP contribution in [0.4, 0.5) is 4.79 Å². The lowest BCUT2D eigenvalue weighted by Crippen LogP contribution is -2.39. The van der Waals surface area contributed by atoms with E-state index in [0.717, 1.165) is 59.4 Å². The highest BCUT2D eigenvalue weighted by molar-refractivity contribution is 5.68. The monoisotopic (exact) mass is 697 g/mol. The lowest BCUT2D eigenvalue weighted by molar-refractivity contribution is 0.0141. The summed E-state index contributed by atoms with van der Waals surface area (Å²) in [4.78, 5) is 14.1. The van der Waals surface area contributed by atoms with Crippen LogP contribution in [0.25, 0.3) is 0 Å². The van der Waals surface area contributed by atoms with Gasteiger partial charge in [-0.15, -0.1) is 0 Å². The lowest BCUT2D eigenvalue weighted by Gasteiger charge is -2.29. The second-order valence-electron chi connectivity index (χ2n) is 13.8. The Balaban J connectivity index is 0.000000286. The van der Waals surface area contributed by atoms with Gasteiger partial charge in [-0.05, 0) is 80.1 Å². The van der Waals surface area contributed by atoms with Gasteiger partial charge >= 0.3 is 6.09 Å². The standard InChI is InChI=1S/C24H33NO4.C20H26O2/c1-5-6-16-25(23(27)29-24(2,3)4)17-22(26)20-12-14-21(15-13-20)28-18-19-10-8-7-9-11-19;1-2-3-4-8-11-20(21)18-12-14-19(15-13-18)22-16-17-9-6-5-7-10-17/h7-15,22,26H,5-6,16-18H2,1-4H3;5-7,9-10,12-15,20-21H,2-4,8,11,16H2,1H3/t22-;20-/m00/s1. The van der Waals surface area contributed by atoms with Crippen LogP contribution < -0.4 is 9.47 Å². The van der Waals surface area contributed by atoms with Crippen molar-refractivity contribution in [2.45, 2.75) is 111 Å². The van der Waals surface area contributed by atoms with Crippen LogP contribution in [0.15, 0.2) is 109 Å². The Kier molecular flexibility index (Phi) is 18.1. The molecule has 2 N–H and O–H groups in total. The highest BCUT2D eigenvalue weighted by Crippen LogP contribution is 2.24. The van der Waals surface area contributed by atoms with Crippen LogP contribution >= 0.6 is 0 Å². The fraction of sp³-hybridized carbons (Fsp3) is 0.432. The number of aliphatic hydroxyl groups excluding tert-OH is 2. The molecule has 0 unspecified atom stereocenters. The molecular weight excluding hydrogens is 638 g/mol. The minimum absolute atomic E-state index is 0.194. The maximum Gasteiger partial charge on any atom is 0.410 e. The summed E-state index contributed by atoms with van der Waals surface area (Å²) in [7, 11) is 0. The molecule has 4 rings (SSSR count). The van der Waals surface area contributed by atoms with Gasteiger partial charge in [0, 0.05) is 6.54 Å². The van der Waals surface area contributed by atoms with Crippen LogP contribution in [0, 0.1) is 0 Å². The van der Waals surface area contributed by atoms with Crippen molar-refractivity contribution in [2.75, 3.05) is 13.1 Å². The molecular formula is C44H59NO6. The van der Waals surface area contributed by atoms with Crippen LogP contribution in [0.1, 0.15) is 114 Å². The van der Waals surface area contributed by atoms with Crippen molar-refractivity contribution >= 4 is 6.09 Å². The number of aliphatic hydroxyl groups is 2. The lowest BCUT2D eigenvalue weighted by atomic mass is 10.0. The summed E-state index contributed by atoms with van der Waals surface area (Å²) >= 11 is 0. The first-order chi connectivity index (χ1) is 24.6. The number of rotatable bonds is 18. The molecule has 0 spiro atoms. The first-order valence-corrected chi connectivity index (χ1v) is 18.4. The zero-order valence-electron chi connectivity index (χ0n) is 31.3. The average molecular weight is 698 g/mol. The zero-order chi connectivity index (χ0) is 36.9. The highest BCUT2D eigenvalue weighted by atomic mass is 16.6. The van der Waals surface area contributed by atoms with E-state index in [9.17, 15) is 15.0 Å². The smallest absolute Gasteiger partial charge is 0.410 e. The second-order valence-corrected chi connectivity index (χ2v) is 13.8. The minimum Gasteiger partial charge on any atom is -0.489 e. The Hall–Kier alpha value is -4.33. The maximum atomic E-state index is 12.5. The van der Waals surface area contributed by atoms with Gasteiger partial charge in [0.15, 0.2) is 0 Å². The van der Waals surface area contributed by atoms with E-state index in [1.54, 1.807) is 4.90 Å². The Morgan fingerprint density at radius 1 is 0.627 bits per heavy atom. The molecule has 7 nitrogen and oxygen atoms in total. The molecule has 0 heterocycles. The number of ether oxygens (including phenoxy) is 3. The molecule has 4 aromatic carbocycles. The molecule has 0 aromatic heterocycles. The molecule has 7 heteroatoms. The topological polar surface area (TPSA) is 88.5 Å². The largest absolute Gasteiger partial charge is 0.489 e. The van der Waals surface area contributed by atoms with Gasteiger partial charge in [0.05, 0.1) is 18.8 Å². The Morgan fingerprint density at radius 2 is 1.10 bits per heavy atom. The molecule has 51 heavy (non-hydrogen) atoms. The number of carbonyl (C=O) groups is 1. The molecule has 0 aliphatic rings. The molecule has 2 atom stereocenters. The van der Waals surface area contributed by atoms with Gasteiger partial charge in [0.25, 0.3) is 0 Å². The van der Waals surface area contributed by atoms with Crippen LogP contribution in [0.2, 0.25) is 0 Å². The van der Waals surface area contributed by atoms with E-state index >= 15 is 0 Å². The number of hydrogen-bond donors (Lipinski definition) is 2. The van der Waals surface area contributed by atoms with Crippen molar-refractivity contribution < 1.29 is 29.2 Å². The number of benzene rings is 4. The summed E-state index contributed by atoms with van der Waals surface area (Å²) < 4.78 is 17.0. The van der Waals surface area contributed by atoms with Gasteiger partial charge in [-0.2, -0.15) is 0 Å². The molecule has 0 radical (unpaired) electrons. The SMILES string of the molecule is CCCCCC[C@H](O)c1ccc(OCc2ccccc2)cc1.CCCCN(C[C@H](O)c1ccc(OCc2ccccc2)cc1)C(=O)OC(C)(C)C. The molecule has 0 aliphatic carbocycles. The second kappa shape index (κ2) is 22.5. The third-order valence-electron chi connectivity index (χ3n) is 8.18. The summed E-state index contributed by atoms with van der Waals surface area (Å²) in [6.07, 6.45) is 5.87. The van der Waals surface area contributed by atoms with Crippen LogP contribution in [0.3, 0.4) is 0 Å². The molecule has 0 fully saturated rings. The number of unbranched alkanes of at least 4 members (excludes halogenated alkanes) is 4. The summed E-state index contributed by atoms with van der Waals surface area (Å²) in [5.74, 6) is 1.57. The van der Waals surface area contributed by atoms with Gasteiger partial charge in [-0.3, -0.25) is 0 Å². The predicted octanol–water partition coefficient (Wildman–Crippen LogP) is 10.6. The van der Waals surface area contributed by atoms with Gasteiger partial charge in [0.1, 0.15) is 30.3 Å².